The molecular formula is C10H10F2O3S. The van der Waals surface area contributed by atoms with Crippen LogP contribution >= 0.6 is 0 Å². The van der Waals surface area contributed by atoms with Gasteiger partial charge in [0.15, 0.2) is 11.6 Å². The van der Waals surface area contributed by atoms with Gasteiger partial charge in [-0.3, -0.25) is 4.18 Å². The standard InChI is InChI=1S/C10H10F2O3S/c1-16(13,14)15-8-2-6-4-9(11)10(12)5-7(6)3-8/h4-5,8H,2-3H2,1H3. The highest BCUT2D eigenvalue weighted by Crippen LogP contribution is 2.27. The van der Waals surface area contributed by atoms with Crippen LogP contribution in [-0.2, 0) is 27.1 Å². The van der Waals surface area contributed by atoms with Gasteiger partial charge < -0.3 is 0 Å². The summed E-state index contributed by atoms with van der Waals surface area (Å²) in [6, 6.07) is 2.19. The molecule has 0 heterocycles. The minimum atomic E-state index is -3.53. The van der Waals surface area contributed by atoms with Crippen LogP contribution in [0.2, 0.25) is 0 Å². The summed E-state index contributed by atoms with van der Waals surface area (Å²) in [7, 11) is -3.53. The molecule has 0 aliphatic heterocycles. The highest BCUT2D eigenvalue weighted by Gasteiger charge is 2.26. The van der Waals surface area contributed by atoms with Gasteiger partial charge in [-0.15, -0.1) is 0 Å². The molecule has 1 aromatic carbocycles. The van der Waals surface area contributed by atoms with Crippen LogP contribution in [0.15, 0.2) is 12.1 Å². The van der Waals surface area contributed by atoms with Crippen molar-refractivity contribution in [1.82, 2.24) is 0 Å². The fourth-order valence-electron chi connectivity index (χ4n) is 1.89. The summed E-state index contributed by atoms with van der Waals surface area (Å²) >= 11 is 0. The molecule has 0 atom stereocenters. The Bertz CT molecular complexity index is 494. The number of hydrogen-bond acceptors (Lipinski definition) is 3. The zero-order chi connectivity index (χ0) is 11.9. The summed E-state index contributed by atoms with van der Waals surface area (Å²) in [4.78, 5) is 0. The SMILES string of the molecule is CS(=O)(=O)OC1Cc2cc(F)c(F)cc2C1. The van der Waals surface area contributed by atoms with Crippen LogP contribution in [0, 0.1) is 11.6 Å². The van der Waals surface area contributed by atoms with Gasteiger partial charge in [-0.05, 0) is 23.3 Å². The quantitative estimate of drug-likeness (QED) is 0.743. The second kappa shape index (κ2) is 3.78. The van der Waals surface area contributed by atoms with Crippen LogP contribution in [0.4, 0.5) is 8.78 Å². The van der Waals surface area contributed by atoms with E-state index in [2.05, 4.69) is 0 Å². The molecule has 0 fully saturated rings. The van der Waals surface area contributed by atoms with E-state index in [0.717, 1.165) is 18.4 Å². The lowest BCUT2D eigenvalue weighted by molar-refractivity contribution is 0.223. The second-order valence-electron chi connectivity index (χ2n) is 3.87. The Morgan fingerprint density at radius 3 is 2.00 bits per heavy atom. The summed E-state index contributed by atoms with van der Waals surface area (Å²) < 4.78 is 52.4. The maximum absolute atomic E-state index is 12.9. The van der Waals surface area contributed by atoms with Crippen molar-refractivity contribution in [3.63, 3.8) is 0 Å². The maximum Gasteiger partial charge on any atom is 0.264 e. The summed E-state index contributed by atoms with van der Waals surface area (Å²) in [6.45, 7) is 0. The van der Waals surface area contributed by atoms with Crippen LogP contribution in [0.3, 0.4) is 0 Å². The lowest BCUT2D eigenvalue weighted by atomic mass is 10.1. The molecule has 0 bridgehead atoms. The maximum atomic E-state index is 12.9. The molecule has 3 nitrogen and oxygen atoms in total. The van der Waals surface area contributed by atoms with E-state index in [9.17, 15) is 17.2 Å². The molecule has 0 aromatic heterocycles. The average molecular weight is 248 g/mol. The molecule has 88 valence electrons. The van der Waals surface area contributed by atoms with Crippen molar-refractivity contribution in [3.8, 4) is 0 Å². The first-order valence-electron chi connectivity index (χ1n) is 4.70. The van der Waals surface area contributed by atoms with E-state index >= 15 is 0 Å². The van der Waals surface area contributed by atoms with Gasteiger partial charge in [-0.1, -0.05) is 0 Å². The van der Waals surface area contributed by atoms with Crippen molar-refractivity contribution >= 4 is 10.1 Å². The number of benzene rings is 1. The number of halogens is 2. The Kier molecular flexibility index (Phi) is 2.71. The van der Waals surface area contributed by atoms with Crippen molar-refractivity contribution in [2.75, 3.05) is 6.26 Å². The fourth-order valence-corrected chi connectivity index (χ4v) is 2.52. The van der Waals surface area contributed by atoms with Crippen molar-refractivity contribution < 1.29 is 21.4 Å². The molecule has 2 rings (SSSR count). The monoisotopic (exact) mass is 248 g/mol. The molecule has 0 amide bonds. The number of hydrogen-bond donors (Lipinski definition) is 0. The van der Waals surface area contributed by atoms with Crippen LogP contribution in [0.25, 0.3) is 0 Å². The van der Waals surface area contributed by atoms with Gasteiger partial charge >= 0.3 is 0 Å². The van der Waals surface area contributed by atoms with Crippen LogP contribution in [0.5, 0.6) is 0 Å². The van der Waals surface area contributed by atoms with E-state index < -0.39 is 27.9 Å². The lowest BCUT2D eigenvalue weighted by Gasteiger charge is -2.07. The molecule has 0 saturated heterocycles. The molecule has 0 radical (unpaired) electrons. The van der Waals surface area contributed by atoms with Crippen molar-refractivity contribution in [1.29, 1.82) is 0 Å². The Morgan fingerprint density at radius 2 is 1.62 bits per heavy atom. The molecule has 16 heavy (non-hydrogen) atoms. The van der Waals surface area contributed by atoms with Crippen LogP contribution in [0.1, 0.15) is 11.1 Å². The number of fused-ring (bicyclic) bond motifs is 1. The van der Waals surface area contributed by atoms with Crippen molar-refractivity contribution in [3.05, 3.63) is 34.9 Å². The van der Waals surface area contributed by atoms with Crippen LogP contribution < -0.4 is 0 Å². The molecule has 0 saturated carbocycles. The summed E-state index contributed by atoms with van der Waals surface area (Å²) in [5.41, 5.74) is 1.21. The molecular weight excluding hydrogens is 238 g/mol. The Labute approximate surface area is 92.2 Å². The molecule has 1 aromatic rings. The zero-order valence-corrected chi connectivity index (χ0v) is 9.35. The van der Waals surface area contributed by atoms with E-state index in [1.54, 1.807) is 0 Å². The minimum Gasteiger partial charge on any atom is -0.266 e. The highest BCUT2D eigenvalue weighted by molar-refractivity contribution is 7.86. The summed E-state index contributed by atoms with van der Waals surface area (Å²) in [6.07, 6.45) is 0.988. The lowest BCUT2D eigenvalue weighted by Crippen LogP contribution is -2.17. The largest absolute Gasteiger partial charge is 0.266 e. The summed E-state index contributed by atoms with van der Waals surface area (Å²) in [5.74, 6) is -1.84. The van der Waals surface area contributed by atoms with Gasteiger partial charge in [0.05, 0.1) is 12.4 Å². The van der Waals surface area contributed by atoms with E-state index in [1.165, 1.54) is 0 Å². The summed E-state index contributed by atoms with van der Waals surface area (Å²) in [5, 5.41) is 0. The smallest absolute Gasteiger partial charge is 0.264 e. The van der Waals surface area contributed by atoms with E-state index in [-0.39, 0.29) is 0 Å². The van der Waals surface area contributed by atoms with Gasteiger partial charge in [0, 0.05) is 12.8 Å². The first kappa shape index (κ1) is 11.5. The zero-order valence-electron chi connectivity index (χ0n) is 8.54. The predicted octanol–water partition coefficient (Wildman–Crippen LogP) is 1.41. The van der Waals surface area contributed by atoms with Gasteiger partial charge in [-0.2, -0.15) is 8.42 Å². The van der Waals surface area contributed by atoms with Gasteiger partial charge in [0.1, 0.15) is 0 Å². The molecule has 0 spiro atoms. The molecule has 0 N–H and O–H groups in total. The van der Waals surface area contributed by atoms with Crippen LogP contribution in [-0.4, -0.2) is 20.8 Å². The molecule has 1 aliphatic rings. The van der Waals surface area contributed by atoms with Gasteiger partial charge in [0.25, 0.3) is 10.1 Å². The predicted molar refractivity (Wildman–Crippen MR) is 53.5 cm³/mol. The van der Waals surface area contributed by atoms with Gasteiger partial charge in [0.2, 0.25) is 0 Å². The molecule has 0 unspecified atom stereocenters. The number of rotatable bonds is 2. The fraction of sp³-hybridized carbons (Fsp3) is 0.400. The third-order valence-corrected chi connectivity index (χ3v) is 3.07. The highest BCUT2D eigenvalue weighted by atomic mass is 32.2. The third kappa shape index (κ3) is 2.38. The normalized spacial score (nSPS) is 16.4. The Morgan fingerprint density at radius 1 is 1.19 bits per heavy atom. The molecule has 1 aliphatic carbocycles. The van der Waals surface area contributed by atoms with Crippen molar-refractivity contribution in [2.24, 2.45) is 0 Å². The van der Waals surface area contributed by atoms with E-state index in [0.29, 0.717) is 24.0 Å². The topological polar surface area (TPSA) is 43.4 Å². The third-order valence-electron chi connectivity index (χ3n) is 2.45. The first-order valence-corrected chi connectivity index (χ1v) is 6.52. The molecule has 6 heteroatoms. The van der Waals surface area contributed by atoms with Crippen molar-refractivity contribution in [2.45, 2.75) is 18.9 Å². The van der Waals surface area contributed by atoms with Gasteiger partial charge in [-0.25, -0.2) is 8.78 Å². The second-order valence-corrected chi connectivity index (χ2v) is 5.47. The minimum absolute atomic E-state index is 0.291. The van der Waals surface area contributed by atoms with E-state index in [1.807, 2.05) is 0 Å². The van der Waals surface area contributed by atoms with E-state index in [4.69, 9.17) is 4.18 Å². The first-order chi connectivity index (χ1) is 7.35. The Hall–Kier alpha value is -1.01. The Balaban J connectivity index is 2.22. The average Bonchev–Trinajstić information content (AvgIpc) is 2.44.